The van der Waals surface area contributed by atoms with Gasteiger partial charge in [-0.1, -0.05) is 23.2 Å². The minimum Gasteiger partial charge on any atom is -0.439 e. The molecule has 5 heteroatoms. The molecule has 0 aliphatic heterocycles. The summed E-state index contributed by atoms with van der Waals surface area (Å²) < 4.78 is 5.71. The van der Waals surface area contributed by atoms with E-state index in [1.54, 1.807) is 6.07 Å². The van der Waals surface area contributed by atoms with E-state index in [2.05, 4.69) is 4.98 Å². The van der Waals surface area contributed by atoms with Crippen LogP contribution < -0.4 is 10.5 Å². The standard InChI is InChI=1S/C14H14Cl2N2O/c1-8-3-11(4-9(2)14(8)16)19-13-5-10(6-17)12(15)7-18-13/h3-5,7H,6,17H2,1-2H3. The molecule has 0 unspecified atom stereocenters. The van der Waals surface area contributed by atoms with Crippen LogP contribution in [0.25, 0.3) is 0 Å². The van der Waals surface area contributed by atoms with Crippen molar-refractivity contribution >= 4 is 23.2 Å². The van der Waals surface area contributed by atoms with Gasteiger partial charge in [-0.3, -0.25) is 0 Å². The molecule has 0 fully saturated rings. The van der Waals surface area contributed by atoms with Crippen LogP contribution in [0.1, 0.15) is 16.7 Å². The smallest absolute Gasteiger partial charge is 0.219 e. The molecule has 0 atom stereocenters. The van der Waals surface area contributed by atoms with Crippen LogP contribution in [0.4, 0.5) is 0 Å². The first-order valence-electron chi connectivity index (χ1n) is 5.80. The SMILES string of the molecule is Cc1cc(Oc2cc(CN)c(Cl)cn2)cc(C)c1Cl. The van der Waals surface area contributed by atoms with Crippen LogP contribution in [0.15, 0.2) is 24.4 Å². The van der Waals surface area contributed by atoms with Gasteiger partial charge in [0.1, 0.15) is 5.75 Å². The monoisotopic (exact) mass is 296 g/mol. The van der Waals surface area contributed by atoms with E-state index in [0.717, 1.165) is 21.7 Å². The molecule has 0 bridgehead atoms. The molecule has 0 saturated heterocycles. The van der Waals surface area contributed by atoms with E-state index in [1.165, 1.54) is 6.20 Å². The van der Waals surface area contributed by atoms with E-state index in [-0.39, 0.29) is 0 Å². The molecule has 3 nitrogen and oxygen atoms in total. The number of nitrogens with zero attached hydrogens (tertiary/aromatic N) is 1. The van der Waals surface area contributed by atoms with Crippen molar-refractivity contribution < 1.29 is 4.74 Å². The Morgan fingerprint density at radius 2 is 1.79 bits per heavy atom. The Bertz CT molecular complexity index is 591. The average Bonchev–Trinajstić information content (AvgIpc) is 2.38. The van der Waals surface area contributed by atoms with Gasteiger partial charge < -0.3 is 10.5 Å². The third-order valence-electron chi connectivity index (χ3n) is 2.76. The van der Waals surface area contributed by atoms with Crippen LogP contribution in [0.5, 0.6) is 11.6 Å². The molecule has 19 heavy (non-hydrogen) atoms. The van der Waals surface area contributed by atoms with Crippen LogP contribution in [0.2, 0.25) is 10.0 Å². The molecule has 1 heterocycles. The zero-order valence-electron chi connectivity index (χ0n) is 10.7. The zero-order valence-corrected chi connectivity index (χ0v) is 12.2. The topological polar surface area (TPSA) is 48.1 Å². The highest BCUT2D eigenvalue weighted by Crippen LogP contribution is 2.29. The summed E-state index contributed by atoms with van der Waals surface area (Å²) in [6.45, 7) is 4.21. The first kappa shape index (κ1) is 14.1. The Hall–Kier alpha value is -1.29. The highest BCUT2D eigenvalue weighted by molar-refractivity contribution is 6.32. The van der Waals surface area contributed by atoms with Crippen molar-refractivity contribution in [2.75, 3.05) is 0 Å². The lowest BCUT2D eigenvalue weighted by Crippen LogP contribution is -1.99. The predicted octanol–water partition coefficient (Wildman–Crippen LogP) is 4.26. The molecule has 2 N–H and O–H groups in total. The van der Waals surface area contributed by atoms with E-state index in [1.807, 2.05) is 26.0 Å². The molecule has 0 spiro atoms. The zero-order chi connectivity index (χ0) is 14.0. The number of pyridine rings is 1. The van der Waals surface area contributed by atoms with Gasteiger partial charge in [-0.25, -0.2) is 4.98 Å². The fourth-order valence-electron chi connectivity index (χ4n) is 1.76. The van der Waals surface area contributed by atoms with Gasteiger partial charge in [0, 0.05) is 23.8 Å². The van der Waals surface area contributed by atoms with Gasteiger partial charge in [0.05, 0.1) is 5.02 Å². The highest BCUT2D eigenvalue weighted by atomic mass is 35.5. The van der Waals surface area contributed by atoms with Crippen LogP contribution in [-0.2, 0) is 6.54 Å². The predicted molar refractivity (Wildman–Crippen MR) is 78.1 cm³/mol. The molecule has 0 amide bonds. The summed E-state index contributed by atoms with van der Waals surface area (Å²) in [5.74, 6) is 1.16. The van der Waals surface area contributed by atoms with Crippen molar-refractivity contribution in [3.05, 3.63) is 51.1 Å². The molecule has 0 aliphatic carbocycles. The number of aryl methyl sites for hydroxylation is 2. The lowest BCUT2D eigenvalue weighted by Gasteiger charge is -2.10. The lowest BCUT2D eigenvalue weighted by molar-refractivity contribution is 0.461. The number of halogens is 2. The summed E-state index contributed by atoms with van der Waals surface area (Å²) in [5, 5.41) is 1.29. The number of nitrogens with two attached hydrogens (primary N) is 1. The number of hydrogen-bond donors (Lipinski definition) is 1. The van der Waals surface area contributed by atoms with Crippen LogP contribution in [0.3, 0.4) is 0 Å². The van der Waals surface area contributed by atoms with E-state index in [0.29, 0.717) is 23.2 Å². The molecule has 0 radical (unpaired) electrons. The minimum atomic E-state index is 0.344. The Kier molecular flexibility index (Phi) is 4.30. The van der Waals surface area contributed by atoms with Crippen LogP contribution >= 0.6 is 23.2 Å². The fraction of sp³-hybridized carbons (Fsp3) is 0.214. The summed E-state index contributed by atoms with van der Waals surface area (Å²) in [7, 11) is 0. The minimum absolute atomic E-state index is 0.344. The summed E-state index contributed by atoms with van der Waals surface area (Å²) in [4.78, 5) is 4.12. The van der Waals surface area contributed by atoms with Crippen molar-refractivity contribution in [2.24, 2.45) is 5.73 Å². The van der Waals surface area contributed by atoms with Gasteiger partial charge in [0.15, 0.2) is 0 Å². The lowest BCUT2D eigenvalue weighted by atomic mass is 10.1. The first-order chi connectivity index (χ1) is 9.01. The molecular weight excluding hydrogens is 283 g/mol. The van der Waals surface area contributed by atoms with Crippen molar-refractivity contribution in [3.8, 4) is 11.6 Å². The highest BCUT2D eigenvalue weighted by Gasteiger charge is 2.07. The van der Waals surface area contributed by atoms with Crippen molar-refractivity contribution in [2.45, 2.75) is 20.4 Å². The maximum absolute atomic E-state index is 6.12. The maximum atomic E-state index is 6.12. The second-order valence-corrected chi connectivity index (χ2v) is 5.08. The summed E-state index contributed by atoms with van der Waals surface area (Å²) >= 11 is 12.1. The quantitative estimate of drug-likeness (QED) is 0.921. The molecular formula is C14H14Cl2N2O. The third-order valence-corrected chi connectivity index (χ3v) is 3.70. The first-order valence-corrected chi connectivity index (χ1v) is 6.56. The molecule has 1 aromatic heterocycles. The van der Waals surface area contributed by atoms with Crippen LogP contribution in [-0.4, -0.2) is 4.98 Å². The van der Waals surface area contributed by atoms with E-state index >= 15 is 0 Å². The van der Waals surface area contributed by atoms with Gasteiger partial charge in [0.2, 0.25) is 5.88 Å². The molecule has 0 aliphatic rings. The Morgan fingerprint density at radius 1 is 1.16 bits per heavy atom. The van der Waals surface area contributed by atoms with Crippen molar-refractivity contribution in [1.82, 2.24) is 4.98 Å². The molecule has 100 valence electrons. The van der Waals surface area contributed by atoms with E-state index in [9.17, 15) is 0 Å². The van der Waals surface area contributed by atoms with Gasteiger partial charge in [-0.15, -0.1) is 0 Å². The summed E-state index contributed by atoms with van der Waals surface area (Å²) in [5.41, 5.74) is 8.32. The van der Waals surface area contributed by atoms with E-state index < -0.39 is 0 Å². The molecule has 2 rings (SSSR count). The van der Waals surface area contributed by atoms with Crippen LogP contribution in [0, 0.1) is 13.8 Å². The largest absolute Gasteiger partial charge is 0.439 e. The fourth-order valence-corrected chi connectivity index (χ4v) is 2.05. The Morgan fingerprint density at radius 3 is 2.37 bits per heavy atom. The number of hydrogen-bond acceptors (Lipinski definition) is 3. The molecule has 2 aromatic rings. The number of ether oxygens (including phenoxy) is 1. The van der Waals surface area contributed by atoms with E-state index in [4.69, 9.17) is 33.7 Å². The van der Waals surface area contributed by atoms with Crippen molar-refractivity contribution in [3.63, 3.8) is 0 Å². The summed E-state index contributed by atoms with van der Waals surface area (Å²) in [6, 6.07) is 5.48. The number of aromatic nitrogens is 1. The van der Waals surface area contributed by atoms with Gasteiger partial charge in [0.25, 0.3) is 0 Å². The molecule has 0 saturated carbocycles. The average molecular weight is 297 g/mol. The Balaban J connectivity index is 2.31. The summed E-state index contributed by atoms with van der Waals surface area (Å²) in [6.07, 6.45) is 1.54. The molecule has 1 aromatic carbocycles. The number of rotatable bonds is 3. The van der Waals surface area contributed by atoms with Gasteiger partial charge in [-0.2, -0.15) is 0 Å². The normalized spacial score (nSPS) is 10.6. The second kappa shape index (κ2) is 5.78. The van der Waals surface area contributed by atoms with Gasteiger partial charge >= 0.3 is 0 Å². The Labute approximate surface area is 122 Å². The third kappa shape index (κ3) is 3.18. The maximum Gasteiger partial charge on any atom is 0.219 e. The van der Waals surface area contributed by atoms with Gasteiger partial charge in [-0.05, 0) is 42.7 Å². The second-order valence-electron chi connectivity index (χ2n) is 4.29. The number of benzene rings is 1. The van der Waals surface area contributed by atoms with Crippen molar-refractivity contribution in [1.29, 1.82) is 0 Å².